The minimum absolute atomic E-state index is 0.0351. The number of nitrogens with one attached hydrogen (secondary N) is 1. The van der Waals surface area contributed by atoms with Gasteiger partial charge in [0.15, 0.2) is 5.82 Å². The Labute approximate surface area is 112 Å². The van der Waals surface area contributed by atoms with Crippen molar-refractivity contribution in [2.24, 2.45) is 0 Å². The second kappa shape index (κ2) is 5.94. The number of benzene rings is 1. The summed E-state index contributed by atoms with van der Waals surface area (Å²) in [5.41, 5.74) is -0.267. The highest BCUT2D eigenvalue weighted by atomic mass is 32.2. The Balaban J connectivity index is 3.28. The van der Waals surface area contributed by atoms with E-state index in [1.54, 1.807) is 0 Å². The first-order valence-corrected chi connectivity index (χ1v) is 7.24. The van der Waals surface area contributed by atoms with Gasteiger partial charge in [-0.3, -0.25) is 0 Å². The van der Waals surface area contributed by atoms with Gasteiger partial charge in [0.05, 0.1) is 0 Å². The Morgan fingerprint density at radius 2 is 1.84 bits per heavy atom. The lowest BCUT2D eigenvalue weighted by Crippen LogP contribution is -2.26. The second-order valence-electron chi connectivity index (χ2n) is 4.66. The summed E-state index contributed by atoms with van der Waals surface area (Å²) >= 11 is 0. The van der Waals surface area contributed by atoms with Crippen molar-refractivity contribution in [3.05, 3.63) is 29.3 Å². The van der Waals surface area contributed by atoms with Crippen molar-refractivity contribution < 1.29 is 17.2 Å². The standard InChI is InChI=1S/C12H18F2N2O2S/c1-8(2)15-7-9-10(13)5-6-11(12(9)14)19(17,18)16(3)4/h5-6,8,15H,7H2,1-4H3. The van der Waals surface area contributed by atoms with Crippen molar-refractivity contribution in [2.45, 2.75) is 31.3 Å². The summed E-state index contributed by atoms with van der Waals surface area (Å²) in [6.07, 6.45) is 0. The van der Waals surface area contributed by atoms with Crippen molar-refractivity contribution in [3.8, 4) is 0 Å². The summed E-state index contributed by atoms with van der Waals surface area (Å²) in [4.78, 5) is -0.514. The van der Waals surface area contributed by atoms with Crippen LogP contribution in [0.2, 0.25) is 0 Å². The zero-order valence-electron chi connectivity index (χ0n) is 11.4. The van der Waals surface area contributed by atoms with Crippen LogP contribution in [0.25, 0.3) is 0 Å². The van der Waals surface area contributed by atoms with Crippen LogP contribution in [-0.2, 0) is 16.6 Å². The van der Waals surface area contributed by atoms with E-state index >= 15 is 0 Å². The normalized spacial score (nSPS) is 12.4. The maximum absolute atomic E-state index is 14.2. The molecule has 0 saturated heterocycles. The van der Waals surface area contributed by atoms with Gasteiger partial charge in [0, 0.05) is 32.2 Å². The molecule has 0 bridgehead atoms. The molecule has 1 aromatic carbocycles. The summed E-state index contributed by atoms with van der Waals surface area (Å²) in [5, 5.41) is 2.86. The van der Waals surface area contributed by atoms with Gasteiger partial charge in [-0.1, -0.05) is 13.8 Å². The molecule has 0 amide bonds. The molecule has 0 radical (unpaired) electrons. The van der Waals surface area contributed by atoms with Gasteiger partial charge < -0.3 is 5.32 Å². The molecule has 0 saturated carbocycles. The summed E-state index contributed by atoms with van der Waals surface area (Å²) in [7, 11) is -1.33. The van der Waals surface area contributed by atoms with Crippen LogP contribution in [0.5, 0.6) is 0 Å². The van der Waals surface area contributed by atoms with Crippen LogP contribution in [0.4, 0.5) is 8.78 Å². The molecule has 4 nitrogen and oxygen atoms in total. The number of sulfonamides is 1. The summed E-state index contributed by atoms with van der Waals surface area (Å²) in [5.74, 6) is -1.80. The van der Waals surface area contributed by atoms with E-state index < -0.39 is 26.6 Å². The van der Waals surface area contributed by atoms with E-state index in [0.29, 0.717) is 0 Å². The predicted molar refractivity (Wildman–Crippen MR) is 69.2 cm³/mol. The molecule has 0 aliphatic rings. The van der Waals surface area contributed by atoms with E-state index in [9.17, 15) is 17.2 Å². The molecule has 1 rings (SSSR count). The first-order valence-electron chi connectivity index (χ1n) is 5.80. The van der Waals surface area contributed by atoms with Crippen molar-refractivity contribution in [1.29, 1.82) is 0 Å². The van der Waals surface area contributed by atoms with Gasteiger partial charge in [0.25, 0.3) is 0 Å². The molecule has 19 heavy (non-hydrogen) atoms. The van der Waals surface area contributed by atoms with Gasteiger partial charge in [0.1, 0.15) is 10.7 Å². The molecule has 0 atom stereocenters. The number of hydrogen-bond acceptors (Lipinski definition) is 3. The van der Waals surface area contributed by atoms with Gasteiger partial charge in [0.2, 0.25) is 10.0 Å². The van der Waals surface area contributed by atoms with Gasteiger partial charge in [-0.05, 0) is 12.1 Å². The minimum Gasteiger partial charge on any atom is -0.310 e. The lowest BCUT2D eigenvalue weighted by molar-refractivity contribution is 0.484. The van der Waals surface area contributed by atoms with Crippen molar-refractivity contribution in [2.75, 3.05) is 14.1 Å². The van der Waals surface area contributed by atoms with Crippen LogP contribution in [0.3, 0.4) is 0 Å². The van der Waals surface area contributed by atoms with Crippen LogP contribution < -0.4 is 5.32 Å². The molecule has 0 unspecified atom stereocenters. The van der Waals surface area contributed by atoms with Crippen molar-refractivity contribution >= 4 is 10.0 Å². The molecular weight excluding hydrogens is 274 g/mol. The molecule has 0 aliphatic carbocycles. The second-order valence-corrected chi connectivity index (χ2v) is 6.78. The van der Waals surface area contributed by atoms with Gasteiger partial charge in [-0.15, -0.1) is 0 Å². The average molecular weight is 292 g/mol. The Morgan fingerprint density at radius 1 is 1.26 bits per heavy atom. The third-order valence-corrected chi connectivity index (χ3v) is 4.43. The van der Waals surface area contributed by atoms with Crippen LogP contribution in [0.1, 0.15) is 19.4 Å². The van der Waals surface area contributed by atoms with E-state index in [1.165, 1.54) is 14.1 Å². The Kier molecular flexibility index (Phi) is 5.00. The fourth-order valence-electron chi connectivity index (χ4n) is 1.44. The van der Waals surface area contributed by atoms with E-state index in [-0.39, 0.29) is 18.2 Å². The third-order valence-electron chi connectivity index (χ3n) is 2.60. The molecule has 1 aromatic rings. The van der Waals surface area contributed by atoms with Gasteiger partial charge >= 0.3 is 0 Å². The Hall–Kier alpha value is -1.05. The molecule has 0 spiro atoms. The first kappa shape index (κ1) is 16.0. The zero-order valence-corrected chi connectivity index (χ0v) is 12.2. The fourth-order valence-corrected chi connectivity index (χ4v) is 2.42. The lowest BCUT2D eigenvalue weighted by atomic mass is 10.2. The van der Waals surface area contributed by atoms with Crippen molar-refractivity contribution in [3.63, 3.8) is 0 Å². The van der Waals surface area contributed by atoms with Crippen LogP contribution >= 0.6 is 0 Å². The summed E-state index contributed by atoms with van der Waals surface area (Å²) in [6, 6.07) is 1.95. The Morgan fingerprint density at radius 3 is 2.32 bits per heavy atom. The first-order chi connectivity index (χ1) is 8.67. The molecule has 108 valence electrons. The van der Waals surface area contributed by atoms with E-state index in [1.807, 2.05) is 13.8 Å². The third kappa shape index (κ3) is 3.49. The molecule has 0 fully saturated rings. The highest BCUT2D eigenvalue weighted by Gasteiger charge is 2.25. The number of halogens is 2. The molecule has 0 aliphatic heterocycles. The molecule has 0 heterocycles. The van der Waals surface area contributed by atoms with Crippen molar-refractivity contribution in [1.82, 2.24) is 9.62 Å². The number of rotatable bonds is 5. The molecule has 1 N–H and O–H groups in total. The average Bonchev–Trinajstić information content (AvgIpc) is 2.27. The zero-order chi connectivity index (χ0) is 14.8. The minimum atomic E-state index is -3.92. The molecule has 0 aromatic heterocycles. The Bertz CT molecular complexity index is 557. The fraction of sp³-hybridized carbons (Fsp3) is 0.500. The highest BCUT2D eigenvalue weighted by molar-refractivity contribution is 7.89. The lowest BCUT2D eigenvalue weighted by Gasteiger charge is -2.15. The summed E-state index contributed by atoms with van der Waals surface area (Å²) < 4.78 is 52.4. The maximum Gasteiger partial charge on any atom is 0.245 e. The van der Waals surface area contributed by atoms with E-state index in [4.69, 9.17) is 0 Å². The molecule has 7 heteroatoms. The topological polar surface area (TPSA) is 49.4 Å². The SMILES string of the molecule is CC(C)NCc1c(F)ccc(S(=O)(=O)N(C)C)c1F. The number of hydrogen-bond donors (Lipinski definition) is 1. The quantitative estimate of drug-likeness (QED) is 0.899. The largest absolute Gasteiger partial charge is 0.310 e. The predicted octanol–water partition coefficient (Wildman–Crippen LogP) is 1.71. The number of nitrogens with zero attached hydrogens (tertiary/aromatic N) is 1. The van der Waals surface area contributed by atoms with Crippen LogP contribution in [0, 0.1) is 11.6 Å². The van der Waals surface area contributed by atoms with E-state index in [0.717, 1.165) is 16.4 Å². The van der Waals surface area contributed by atoms with Gasteiger partial charge in [-0.25, -0.2) is 21.5 Å². The summed E-state index contributed by atoms with van der Waals surface area (Å²) in [6.45, 7) is 3.60. The maximum atomic E-state index is 14.2. The highest BCUT2D eigenvalue weighted by Crippen LogP contribution is 2.23. The van der Waals surface area contributed by atoms with Crippen LogP contribution in [0.15, 0.2) is 17.0 Å². The van der Waals surface area contributed by atoms with Gasteiger partial charge in [-0.2, -0.15) is 0 Å². The van der Waals surface area contributed by atoms with E-state index in [2.05, 4.69) is 5.32 Å². The monoisotopic (exact) mass is 292 g/mol. The molecular formula is C12H18F2N2O2S. The van der Waals surface area contributed by atoms with Crippen LogP contribution in [-0.4, -0.2) is 32.9 Å². The smallest absolute Gasteiger partial charge is 0.245 e.